The number of alkyl halides is 6. The summed E-state index contributed by atoms with van der Waals surface area (Å²) in [4.78, 5) is -0.245. The highest BCUT2D eigenvalue weighted by molar-refractivity contribution is 7.92. The van der Waals surface area contributed by atoms with Crippen molar-refractivity contribution in [3.8, 4) is 0 Å². The fraction of sp³-hybridized carbons (Fsp3) is 0.429. The van der Waals surface area contributed by atoms with Gasteiger partial charge in [-0.05, 0) is 55.5 Å². The summed E-state index contributed by atoms with van der Waals surface area (Å²) in [7, 11) is -4.25. The topological polar surface area (TPSA) is 80.4 Å². The van der Waals surface area contributed by atoms with Crippen molar-refractivity contribution >= 4 is 9.84 Å². The third kappa shape index (κ3) is 4.12. The summed E-state index contributed by atoms with van der Waals surface area (Å²) in [6, 6.07) is 6.16. The minimum absolute atomic E-state index is 0.0456. The molecule has 2 aromatic carbocycles. The maximum Gasteiger partial charge on any atom is 0.430 e. The van der Waals surface area contributed by atoms with Crippen molar-refractivity contribution in [3.05, 3.63) is 65.5 Å². The predicted molar refractivity (Wildman–Crippen MR) is 104 cm³/mol. The van der Waals surface area contributed by atoms with Gasteiger partial charge in [-0.15, -0.1) is 0 Å². The van der Waals surface area contributed by atoms with E-state index in [1.807, 2.05) is 0 Å². The smallest absolute Gasteiger partial charge is 0.369 e. The normalized spacial score (nSPS) is 22.9. The largest absolute Gasteiger partial charge is 0.430 e. The van der Waals surface area contributed by atoms with Gasteiger partial charge in [-0.2, -0.15) is 26.3 Å². The number of rotatable bonds is 4. The number of halogens is 7. The van der Waals surface area contributed by atoms with Crippen LogP contribution in [0.5, 0.6) is 0 Å². The van der Waals surface area contributed by atoms with Crippen molar-refractivity contribution in [1.82, 2.24) is 0 Å². The van der Waals surface area contributed by atoms with Crippen LogP contribution in [-0.4, -0.2) is 31.9 Å². The lowest BCUT2D eigenvalue weighted by Crippen LogP contribution is -2.54. The van der Waals surface area contributed by atoms with Gasteiger partial charge < -0.3 is 10.8 Å². The third-order valence-corrected chi connectivity index (χ3v) is 8.69. The maximum absolute atomic E-state index is 13.6. The summed E-state index contributed by atoms with van der Waals surface area (Å²) in [5.41, 5.74) is -0.783. The molecule has 0 heterocycles. The monoisotopic (exact) mass is 499 g/mol. The lowest BCUT2D eigenvalue weighted by Gasteiger charge is -2.39. The SMILES string of the molecule is NC1CCC(c2ccc(C(O)(C(F)(F)F)C(F)(F)F)cc2)(S(=O)(=O)c2ccc(F)cc2)CC1. The molecule has 1 aliphatic rings. The Kier molecular flexibility index (Phi) is 6.35. The number of aliphatic hydroxyl groups is 1. The first kappa shape index (κ1) is 25.4. The molecule has 0 aromatic heterocycles. The number of hydrogen-bond donors (Lipinski definition) is 2. The van der Waals surface area contributed by atoms with Crippen LogP contribution in [0.4, 0.5) is 30.7 Å². The average molecular weight is 499 g/mol. The van der Waals surface area contributed by atoms with E-state index < -0.39 is 43.9 Å². The van der Waals surface area contributed by atoms with Gasteiger partial charge in [0.2, 0.25) is 0 Å². The average Bonchev–Trinajstić information content (AvgIpc) is 2.72. The van der Waals surface area contributed by atoms with Crippen molar-refractivity contribution in [3.63, 3.8) is 0 Å². The van der Waals surface area contributed by atoms with Crippen LogP contribution in [0.3, 0.4) is 0 Å². The van der Waals surface area contributed by atoms with Crippen molar-refractivity contribution in [1.29, 1.82) is 0 Å². The molecule has 12 heteroatoms. The van der Waals surface area contributed by atoms with Crippen LogP contribution in [0.2, 0.25) is 0 Å². The Morgan fingerprint density at radius 2 is 1.30 bits per heavy atom. The maximum atomic E-state index is 13.6. The fourth-order valence-corrected chi connectivity index (χ4v) is 6.33. The minimum Gasteiger partial charge on any atom is -0.369 e. The van der Waals surface area contributed by atoms with E-state index in [1.54, 1.807) is 0 Å². The van der Waals surface area contributed by atoms with E-state index in [1.165, 1.54) is 0 Å². The molecular weight excluding hydrogens is 479 g/mol. The Labute approximate surface area is 185 Å². The standard InChI is InChI=1S/C21H20F7NO3S/c22-15-5-7-17(8-6-15)33(31,32)18(11-9-16(29)10-12-18)13-1-3-14(4-2-13)19(30,20(23,24)25)21(26,27)28/h1-8,16,30H,9-12,29H2. The predicted octanol–water partition coefficient (Wildman–Crippen LogP) is 4.71. The van der Waals surface area contributed by atoms with Crippen LogP contribution in [0.1, 0.15) is 36.8 Å². The van der Waals surface area contributed by atoms with E-state index >= 15 is 0 Å². The van der Waals surface area contributed by atoms with Crippen LogP contribution in [0, 0.1) is 5.82 Å². The van der Waals surface area contributed by atoms with Crippen molar-refractivity contribution < 1.29 is 44.3 Å². The summed E-state index contributed by atoms with van der Waals surface area (Å²) < 4.78 is 118. The van der Waals surface area contributed by atoms with Crippen molar-refractivity contribution in [2.24, 2.45) is 5.73 Å². The number of benzene rings is 2. The third-order valence-electron chi connectivity index (χ3n) is 6.13. The summed E-state index contributed by atoms with van der Waals surface area (Å²) in [5, 5.41) is 9.60. The van der Waals surface area contributed by atoms with E-state index in [0.29, 0.717) is 12.1 Å². The summed E-state index contributed by atoms with van der Waals surface area (Å²) >= 11 is 0. The number of hydrogen-bond acceptors (Lipinski definition) is 4. The van der Waals surface area contributed by atoms with E-state index in [-0.39, 0.29) is 42.2 Å². The molecule has 0 spiro atoms. The Bertz CT molecular complexity index is 1070. The molecule has 0 atom stereocenters. The zero-order chi connectivity index (χ0) is 24.9. The van der Waals surface area contributed by atoms with Crippen molar-refractivity contribution in [2.45, 2.75) is 59.3 Å². The molecule has 0 unspecified atom stereocenters. The molecule has 182 valence electrons. The van der Waals surface area contributed by atoms with Crippen LogP contribution >= 0.6 is 0 Å². The molecule has 1 saturated carbocycles. The number of nitrogens with two attached hydrogens (primary N) is 1. The second-order valence-electron chi connectivity index (χ2n) is 8.07. The minimum atomic E-state index is -6.07. The van der Waals surface area contributed by atoms with E-state index in [0.717, 1.165) is 36.4 Å². The zero-order valence-electron chi connectivity index (χ0n) is 16.9. The van der Waals surface area contributed by atoms with Crippen LogP contribution in [0.25, 0.3) is 0 Å². The molecule has 1 aliphatic carbocycles. The second kappa shape index (κ2) is 8.24. The molecule has 1 fully saturated rings. The summed E-state index contributed by atoms with van der Waals surface area (Å²) in [6.45, 7) is 0. The zero-order valence-corrected chi connectivity index (χ0v) is 17.7. The summed E-state index contributed by atoms with van der Waals surface area (Å²) in [5.74, 6) is -0.684. The fourth-order valence-electron chi connectivity index (χ4n) is 4.16. The Morgan fingerprint density at radius 3 is 1.73 bits per heavy atom. The summed E-state index contributed by atoms with van der Waals surface area (Å²) in [6.07, 6.45) is -11.8. The number of sulfone groups is 1. The quantitative estimate of drug-likeness (QED) is 0.472. The Morgan fingerprint density at radius 1 is 0.848 bits per heavy atom. The molecule has 3 rings (SSSR count). The van der Waals surface area contributed by atoms with Crippen LogP contribution in [0.15, 0.2) is 53.4 Å². The van der Waals surface area contributed by atoms with Gasteiger partial charge in [-0.3, -0.25) is 0 Å². The van der Waals surface area contributed by atoms with Gasteiger partial charge in [-0.1, -0.05) is 24.3 Å². The first-order valence-electron chi connectivity index (χ1n) is 9.79. The molecule has 3 N–H and O–H groups in total. The first-order valence-corrected chi connectivity index (χ1v) is 11.3. The second-order valence-corrected chi connectivity index (χ2v) is 10.3. The lowest BCUT2D eigenvalue weighted by molar-refractivity contribution is -0.376. The first-order chi connectivity index (χ1) is 15.1. The van der Waals surface area contributed by atoms with Gasteiger partial charge in [0.15, 0.2) is 9.84 Å². The highest BCUT2D eigenvalue weighted by Crippen LogP contribution is 2.51. The van der Waals surface area contributed by atoms with E-state index in [2.05, 4.69) is 0 Å². The molecule has 0 aliphatic heterocycles. The molecular formula is C21H20F7NO3S. The highest BCUT2D eigenvalue weighted by Gasteiger charge is 2.71. The highest BCUT2D eigenvalue weighted by atomic mass is 32.2. The van der Waals surface area contributed by atoms with Crippen molar-refractivity contribution in [2.75, 3.05) is 0 Å². The Hall–Kier alpha value is -2.18. The van der Waals surface area contributed by atoms with Gasteiger partial charge in [0, 0.05) is 11.6 Å². The van der Waals surface area contributed by atoms with E-state index in [9.17, 15) is 44.3 Å². The van der Waals surface area contributed by atoms with Gasteiger partial charge in [0.05, 0.1) is 4.90 Å². The molecule has 2 aromatic rings. The molecule has 4 nitrogen and oxygen atoms in total. The van der Waals surface area contributed by atoms with Gasteiger partial charge in [0.25, 0.3) is 5.60 Å². The molecule has 0 radical (unpaired) electrons. The van der Waals surface area contributed by atoms with Crippen LogP contribution in [-0.2, 0) is 20.2 Å². The molecule has 33 heavy (non-hydrogen) atoms. The molecule has 0 amide bonds. The van der Waals surface area contributed by atoms with E-state index in [4.69, 9.17) is 5.73 Å². The van der Waals surface area contributed by atoms with Gasteiger partial charge in [-0.25, -0.2) is 12.8 Å². The molecule has 0 saturated heterocycles. The Balaban J connectivity index is 2.15. The lowest BCUT2D eigenvalue weighted by atomic mass is 9.80. The van der Waals surface area contributed by atoms with Gasteiger partial charge >= 0.3 is 12.4 Å². The van der Waals surface area contributed by atoms with Gasteiger partial charge in [0.1, 0.15) is 10.6 Å². The molecule has 0 bridgehead atoms. The van der Waals surface area contributed by atoms with Crippen LogP contribution < -0.4 is 5.73 Å².